The van der Waals surface area contributed by atoms with Crippen LogP contribution in [0.1, 0.15) is 11.5 Å². The second-order valence-corrected chi connectivity index (χ2v) is 7.21. The minimum absolute atomic E-state index is 0.171. The van der Waals surface area contributed by atoms with Gasteiger partial charge in [0.1, 0.15) is 5.75 Å². The number of benzene rings is 2. The van der Waals surface area contributed by atoms with Gasteiger partial charge in [-0.05, 0) is 17.7 Å². The molecule has 1 unspecified atom stereocenters. The number of nitrogens with zero attached hydrogens (tertiary/aromatic N) is 4. The SMILES string of the molecule is COc1ccccc1N1CCN(C(=O)C(Cn2ccnc2)c2ccccc2)CC1. The van der Waals surface area contributed by atoms with Crippen LogP contribution in [0.15, 0.2) is 73.3 Å². The molecule has 1 aliphatic rings. The molecular weight excluding hydrogens is 364 g/mol. The number of hydrogen-bond donors (Lipinski definition) is 0. The summed E-state index contributed by atoms with van der Waals surface area (Å²) in [6.07, 6.45) is 5.42. The van der Waals surface area contributed by atoms with Crippen LogP contribution in [-0.2, 0) is 11.3 Å². The third-order valence-corrected chi connectivity index (χ3v) is 5.47. The standard InChI is InChI=1S/C23H26N4O2/c1-29-22-10-6-5-9-21(22)26-13-15-27(16-14-26)23(28)20(17-25-12-11-24-18-25)19-7-3-2-4-8-19/h2-12,18,20H,13-17H2,1H3. The molecule has 0 N–H and O–H groups in total. The fourth-order valence-electron chi connectivity index (χ4n) is 3.90. The summed E-state index contributed by atoms with van der Waals surface area (Å²) < 4.78 is 7.47. The fraction of sp³-hybridized carbons (Fsp3) is 0.304. The van der Waals surface area contributed by atoms with Gasteiger partial charge in [0.2, 0.25) is 5.91 Å². The lowest BCUT2D eigenvalue weighted by Gasteiger charge is -2.38. The van der Waals surface area contributed by atoms with E-state index >= 15 is 0 Å². The minimum Gasteiger partial charge on any atom is -0.495 e. The van der Waals surface area contributed by atoms with Crippen molar-refractivity contribution in [3.8, 4) is 5.75 Å². The van der Waals surface area contributed by atoms with E-state index in [2.05, 4.69) is 16.0 Å². The van der Waals surface area contributed by atoms with Gasteiger partial charge in [-0.2, -0.15) is 0 Å². The van der Waals surface area contributed by atoms with E-state index in [1.807, 2.05) is 64.2 Å². The number of imidazole rings is 1. The summed E-state index contributed by atoms with van der Waals surface area (Å²) in [6, 6.07) is 18.1. The number of methoxy groups -OCH3 is 1. The molecule has 0 saturated carbocycles. The Morgan fingerprint density at radius 1 is 1.03 bits per heavy atom. The lowest BCUT2D eigenvalue weighted by molar-refractivity contribution is -0.133. The van der Waals surface area contributed by atoms with E-state index in [-0.39, 0.29) is 11.8 Å². The Morgan fingerprint density at radius 3 is 2.45 bits per heavy atom. The zero-order valence-corrected chi connectivity index (χ0v) is 16.6. The summed E-state index contributed by atoms with van der Waals surface area (Å²) in [6.45, 7) is 3.57. The van der Waals surface area contributed by atoms with Crippen LogP contribution < -0.4 is 9.64 Å². The van der Waals surface area contributed by atoms with Crippen molar-refractivity contribution in [2.24, 2.45) is 0 Å². The highest BCUT2D eigenvalue weighted by molar-refractivity contribution is 5.84. The molecule has 2 aromatic carbocycles. The Morgan fingerprint density at radius 2 is 1.76 bits per heavy atom. The van der Waals surface area contributed by atoms with Gasteiger partial charge in [0.25, 0.3) is 0 Å². The molecule has 1 aromatic heterocycles. The Kier molecular flexibility index (Phi) is 5.79. The number of para-hydroxylation sites is 2. The van der Waals surface area contributed by atoms with Crippen LogP contribution in [-0.4, -0.2) is 53.6 Å². The van der Waals surface area contributed by atoms with Crippen molar-refractivity contribution in [1.29, 1.82) is 0 Å². The first-order chi connectivity index (χ1) is 14.3. The summed E-state index contributed by atoms with van der Waals surface area (Å²) in [5, 5.41) is 0. The number of rotatable bonds is 6. The Bertz CT molecular complexity index is 919. The van der Waals surface area contributed by atoms with Gasteiger partial charge in [0.15, 0.2) is 0 Å². The number of anilines is 1. The summed E-state index contributed by atoms with van der Waals surface area (Å²) in [5.41, 5.74) is 2.12. The number of amides is 1. The van der Waals surface area contributed by atoms with Crippen molar-refractivity contribution in [3.63, 3.8) is 0 Å². The van der Waals surface area contributed by atoms with Crippen LogP contribution in [0, 0.1) is 0 Å². The van der Waals surface area contributed by atoms with E-state index in [0.717, 1.165) is 30.1 Å². The predicted octanol–water partition coefficient (Wildman–Crippen LogP) is 3.02. The van der Waals surface area contributed by atoms with Crippen molar-refractivity contribution in [2.75, 3.05) is 38.2 Å². The summed E-state index contributed by atoms with van der Waals surface area (Å²) >= 11 is 0. The zero-order chi connectivity index (χ0) is 20.1. The molecule has 1 fully saturated rings. The van der Waals surface area contributed by atoms with Gasteiger partial charge >= 0.3 is 0 Å². The molecule has 6 nitrogen and oxygen atoms in total. The van der Waals surface area contributed by atoms with Gasteiger partial charge in [0, 0.05) is 45.1 Å². The third-order valence-electron chi connectivity index (χ3n) is 5.47. The van der Waals surface area contributed by atoms with Crippen molar-refractivity contribution in [2.45, 2.75) is 12.5 Å². The Labute approximate surface area is 171 Å². The van der Waals surface area contributed by atoms with Gasteiger partial charge in [-0.1, -0.05) is 42.5 Å². The zero-order valence-electron chi connectivity index (χ0n) is 16.6. The first-order valence-corrected chi connectivity index (χ1v) is 9.93. The summed E-state index contributed by atoms with van der Waals surface area (Å²) in [7, 11) is 1.69. The van der Waals surface area contributed by atoms with Crippen LogP contribution in [0.25, 0.3) is 0 Å². The molecule has 0 bridgehead atoms. The van der Waals surface area contributed by atoms with Gasteiger partial charge in [-0.3, -0.25) is 4.79 Å². The largest absolute Gasteiger partial charge is 0.495 e. The number of piperazine rings is 1. The molecule has 1 amide bonds. The van der Waals surface area contributed by atoms with E-state index in [0.29, 0.717) is 19.6 Å². The van der Waals surface area contributed by atoms with Crippen LogP contribution >= 0.6 is 0 Å². The molecule has 1 saturated heterocycles. The molecule has 1 aliphatic heterocycles. The lowest BCUT2D eigenvalue weighted by Crippen LogP contribution is -2.50. The number of aromatic nitrogens is 2. The van der Waals surface area contributed by atoms with Crippen LogP contribution in [0.2, 0.25) is 0 Å². The predicted molar refractivity (Wildman–Crippen MR) is 113 cm³/mol. The highest BCUT2D eigenvalue weighted by atomic mass is 16.5. The molecule has 2 heterocycles. The quantitative estimate of drug-likeness (QED) is 0.649. The van der Waals surface area contributed by atoms with E-state index < -0.39 is 0 Å². The number of carbonyl (C=O) groups excluding carboxylic acids is 1. The van der Waals surface area contributed by atoms with Crippen molar-refractivity contribution < 1.29 is 9.53 Å². The number of ether oxygens (including phenoxy) is 1. The van der Waals surface area contributed by atoms with E-state index in [1.165, 1.54) is 0 Å². The normalized spacial score (nSPS) is 15.2. The number of hydrogen-bond acceptors (Lipinski definition) is 4. The third kappa shape index (κ3) is 4.26. The van der Waals surface area contributed by atoms with Crippen LogP contribution in [0.3, 0.4) is 0 Å². The molecule has 0 aliphatic carbocycles. The maximum Gasteiger partial charge on any atom is 0.232 e. The van der Waals surface area contributed by atoms with Crippen molar-refractivity contribution in [1.82, 2.24) is 14.5 Å². The average molecular weight is 390 g/mol. The molecule has 0 radical (unpaired) electrons. The Hall–Kier alpha value is -3.28. The summed E-state index contributed by atoms with van der Waals surface area (Å²) in [4.78, 5) is 21.8. The van der Waals surface area contributed by atoms with E-state index in [1.54, 1.807) is 19.6 Å². The maximum absolute atomic E-state index is 13.4. The molecule has 1 atom stereocenters. The molecule has 4 rings (SSSR count). The first-order valence-electron chi connectivity index (χ1n) is 9.93. The van der Waals surface area contributed by atoms with Crippen molar-refractivity contribution in [3.05, 3.63) is 78.9 Å². The van der Waals surface area contributed by atoms with Gasteiger partial charge < -0.3 is 19.1 Å². The van der Waals surface area contributed by atoms with Gasteiger partial charge in [0.05, 0.1) is 25.0 Å². The molecule has 0 spiro atoms. The Balaban J connectivity index is 1.48. The lowest BCUT2D eigenvalue weighted by atomic mass is 9.97. The minimum atomic E-state index is -0.219. The van der Waals surface area contributed by atoms with Crippen LogP contribution in [0.4, 0.5) is 5.69 Å². The molecule has 29 heavy (non-hydrogen) atoms. The molecule has 150 valence electrons. The van der Waals surface area contributed by atoms with E-state index in [4.69, 9.17) is 4.74 Å². The molecular formula is C23H26N4O2. The maximum atomic E-state index is 13.4. The van der Waals surface area contributed by atoms with Gasteiger partial charge in [-0.15, -0.1) is 0 Å². The fourth-order valence-corrected chi connectivity index (χ4v) is 3.90. The highest BCUT2D eigenvalue weighted by Gasteiger charge is 2.29. The van der Waals surface area contributed by atoms with E-state index in [9.17, 15) is 4.79 Å². The van der Waals surface area contributed by atoms with Gasteiger partial charge in [-0.25, -0.2) is 4.98 Å². The summed E-state index contributed by atoms with van der Waals surface area (Å²) in [5.74, 6) is 0.822. The number of carbonyl (C=O) groups is 1. The topological polar surface area (TPSA) is 50.6 Å². The molecule has 6 heteroatoms. The second-order valence-electron chi connectivity index (χ2n) is 7.21. The van der Waals surface area contributed by atoms with Crippen LogP contribution in [0.5, 0.6) is 5.75 Å². The first kappa shape index (κ1) is 19.1. The van der Waals surface area contributed by atoms with Crippen molar-refractivity contribution >= 4 is 11.6 Å². The smallest absolute Gasteiger partial charge is 0.232 e. The highest BCUT2D eigenvalue weighted by Crippen LogP contribution is 2.29. The average Bonchev–Trinajstić information content (AvgIpc) is 3.31. The monoisotopic (exact) mass is 390 g/mol. The molecule has 3 aromatic rings. The second kappa shape index (κ2) is 8.82.